The van der Waals surface area contributed by atoms with Gasteiger partial charge in [0.2, 0.25) is 0 Å². The largest absolute Gasteiger partial charge is 0.461 e. The van der Waals surface area contributed by atoms with Crippen molar-refractivity contribution >= 4 is 30.8 Å². The van der Waals surface area contributed by atoms with E-state index < -0.39 is 18.4 Å². The van der Waals surface area contributed by atoms with Crippen LogP contribution in [0.4, 0.5) is 8.78 Å². The summed E-state index contributed by atoms with van der Waals surface area (Å²) in [6.45, 7) is -0.486. The summed E-state index contributed by atoms with van der Waals surface area (Å²) in [5.41, 5.74) is 0. The molecular weight excluding hydrogens is 217 g/mol. The zero-order valence-corrected chi connectivity index (χ0v) is 8.82. The van der Waals surface area contributed by atoms with E-state index in [0.717, 1.165) is 12.2 Å². The SMILES string of the molecule is O=C(CC(=O)OCC=CF)OCC=CF.[Li]. The normalized spacial score (nSPS) is 10.1. The van der Waals surface area contributed by atoms with E-state index in [1.165, 1.54) is 0 Å². The predicted molar refractivity (Wildman–Crippen MR) is 52.8 cm³/mol. The van der Waals surface area contributed by atoms with Crippen LogP contribution in [0.15, 0.2) is 24.8 Å². The van der Waals surface area contributed by atoms with Crippen LogP contribution in [0.2, 0.25) is 0 Å². The molecule has 0 aromatic rings. The Labute approximate surface area is 103 Å². The molecule has 0 unspecified atom stereocenters. The molecule has 0 aliphatic carbocycles. The monoisotopic (exact) mass is 227 g/mol. The summed E-state index contributed by atoms with van der Waals surface area (Å²) in [4.78, 5) is 21.6. The minimum atomic E-state index is -0.831. The van der Waals surface area contributed by atoms with E-state index in [9.17, 15) is 18.4 Å². The van der Waals surface area contributed by atoms with Gasteiger partial charge in [-0.05, 0) is 12.2 Å². The van der Waals surface area contributed by atoms with Crippen LogP contribution in [-0.4, -0.2) is 44.0 Å². The quantitative estimate of drug-likeness (QED) is 0.386. The number of ether oxygens (including phenoxy) is 2. The van der Waals surface area contributed by atoms with Gasteiger partial charge in [0.15, 0.2) is 0 Å². The number of carbonyl (C=O) groups is 2. The first-order chi connectivity index (χ1) is 7.20. The summed E-state index contributed by atoms with van der Waals surface area (Å²) in [6, 6.07) is 0. The van der Waals surface area contributed by atoms with Crippen molar-refractivity contribution in [3.05, 3.63) is 24.8 Å². The van der Waals surface area contributed by atoms with Crippen LogP contribution in [-0.2, 0) is 19.1 Å². The topological polar surface area (TPSA) is 52.6 Å². The first kappa shape index (κ1) is 17.3. The molecule has 7 heteroatoms. The van der Waals surface area contributed by atoms with Gasteiger partial charge < -0.3 is 9.47 Å². The van der Waals surface area contributed by atoms with Gasteiger partial charge in [-0.15, -0.1) is 0 Å². The fraction of sp³-hybridized carbons (Fsp3) is 0.333. The Morgan fingerprint density at radius 2 is 1.31 bits per heavy atom. The molecule has 0 aromatic heterocycles. The van der Waals surface area contributed by atoms with Crippen molar-refractivity contribution in [2.45, 2.75) is 6.42 Å². The molecule has 0 spiro atoms. The van der Waals surface area contributed by atoms with Crippen LogP contribution in [0.3, 0.4) is 0 Å². The molecular formula is C9H10F2LiO4. The van der Waals surface area contributed by atoms with Crippen molar-refractivity contribution in [2.24, 2.45) is 0 Å². The fourth-order valence-electron chi connectivity index (χ4n) is 0.575. The van der Waals surface area contributed by atoms with Crippen molar-refractivity contribution < 1.29 is 27.8 Å². The van der Waals surface area contributed by atoms with E-state index >= 15 is 0 Å². The molecule has 16 heavy (non-hydrogen) atoms. The smallest absolute Gasteiger partial charge is 0.317 e. The van der Waals surface area contributed by atoms with E-state index in [0.29, 0.717) is 0 Å². The molecule has 0 atom stereocenters. The van der Waals surface area contributed by atoms with E-state index in [4.69, 9.17) is 0 Å². The summed E-state index contributed by atoms with van der Waals surface area (Å²) in [5, 5.41) is 0. The van der Waals surface area contributed by atoms with Gasteiger partial charge >= 0.3 is 11.9 Å². The van der Waals surface area contributed by atoms with Crippen molar-refractivity contribution in [3.63, 3.8) is 0 Å². The minimum absolute atomic E-state index is 0. The molecule has 0 saturated heterocycles. The van der Waals surface area contributed by atoms with Gasteiger partial charge in [0.05, 0.1) is 12.7 Å². The Bertz CT molecular complexity index is 240. The van der Waals surface area contributed by atoms with E-state index in [-0.39, 0.29) is 44.7 Å². The van der Waals surface area contributed by atoms with Gasteiger partial charge in [0, 0.05) is 18.9 Å². The Kier molecular flexibility index (Phi) is 12.9. The first-order valence-corrected chi connectivity index (χ1v) is 4.02. The molecule has 0 amide bonds. The number of rotatable bonds is 6. The predicted octanol–water partition coefficient (Wildman–Crippen LogP) is 1.05. The molecule has 0 aromatic carbocycles. The van der Waals surface area contributed by atoms with Crippen molar-refractivity contribution in [3.8, 4) is 0 Å². The van der Waals surface area contributed by atoms with E-state index in [1.807, 2.05) is 0 Å². The molecule has 0 fully saturated rings. The molecule has 0 heterocycles. The van der Waals surface area contributed by atoms with Crippen molar-refractivity contribution in [1.82, 2.24) is 0 Å². The van der Waals surface area contributed by atoms with Crippen LogP contribution in [0.1, 0.15) is 6.42 Å². The second-order valence-electron chi connectivity index (χ2n) is 2.27. The molecule has 85 valence electrons. The number of carbonyl (C=O) groups excluding carboxylic acids is 2. The third kappa shape index (κ3) is 11.0. The van der Waals surface area contributed by atoms with Crippen LogP contribution < -0.4 is 0 Å². The van der Waals surface area contributed by atoms with E-state index in [1.54, 1.807) is 0 Å². The van der Waals surface area contributed by atoms with Crippen LogP contribution >= 0.6 is 0 Å². The molecule has 4 nitrogen and oxygen atoms in total. The van der Waals surface area contributed by atoms with Gasteiger partial charge in [-0.25, -0.2) is 8.78 Å². The average molecular weight is 227 g/mol. The third-order valence-electron chi connectivity index (χ3n) is 1.15. The van der Waals surface area contributed by atoms with Gasteiger partial charge in [0.25, 0.3) is 0 Å². The summed E-state index contributed by atoms with van der Waals surface area (Å²) in [5.74, 6) is -1.66. The number of halogens is 2. The van der Waals surface area contributed by atoms with E-state index in [2.05, 4.69) is 9.47 Å². The van der Waals surface area contributed by atoms with Crippen molar-refractivity contribution in [2.75, 3.05) is 13.2 Å². The second kappa shape index (κ2) is 11.9. The second-order valence-corrected chi connectivity index (χ2v) is 2.27. The molecule has 0 N–H and O–H groups in total. The van der Waals surface area contributed by atoms with Crippen molar-refractivity contribution in [1.29, 1.82) is 0 Å². The summed E-state index contributed by atoms with van der Waals surface area (Å²) < 4.78 is 31.6. The van der Waals surface area contributed by atoms with Crippen LogP contribution in [0.5, 0.6) is 0 Å². The van der Waals surface area contributed by atoms with Crippen LogP contribution in [0, 0.1) is 0 Å². The number of hydrogen-bond donors (Lipinski definition) is 0. The number of hydrogen-bond acceptors (Lipinski definition) is 4. The molecule has 0 saturated carbocycles. The summed E-state index contributed by atoms with van der Waals surface area (Å²) in [6.07, 6.45) is 1.79. The third-order valence-corrected chi connectivity index (χ3v) is 1.15. The molecule has 0 bridgehead atoms. The van der Waals surface area contributed by atoms with Gasteiger partial charge in [-0.1, -0.05) is 0 Å². The zero-order valence-electron chi connectivity index (χ0n) is 8.82. The first-order valence-electron chi connectivity index (χ1n) is 4.02. The standard InChI is InChI=1S/C9H10F2O4.Li/c10-3-1-5-14-8(12)7-9(13)15-6-2-4-11;/h1-4H,5-7H2;. The molecule has 0 aliphatic heterocycles. The van der Waals surface area contributed by atoms with Gasteiger partial charge in [-0.3, -0.25) is 9.59 Å². The van der Waals surface area contributed by atoms with Crippen LogP contribution in [0.25, 0.3) is 0 Å². The summed E-state index contributed by atoms with van der Waals surface area (Å²) >= 11 is 0. The molecule has 1 radical (unpaired) electrons. The maximum atomic E-state index is 11.4. The Morgan fingerprint density at radius 1 is 0.938 bits per heavy atom. The average Bonchev–Trinajstić information content (AvgIpc) is 2.18. The Morgan fingerprint density at radius 3 is 1.62 bits per heavy atom. The Hall–Kier alpha value is -1.12. The molecule has 0 aliphatic rings. The Balaban J connectivity index is 0. The fourth-order valence-corrected chi connectivity index (χ4v) is 0.575. The van der Waals surface area contributed by atoms with Gasteiger partial charge in [-0.2, -0.15) is 0 Å². The zero-order chi connectivity index (χ0) is 11.5. The minimum Gasteiger partial charge on any atom is -0.461 e. The molecule has 0 rings (SSSR count). The maximum Gasteiger partial charge on any atom is 0.317 e. The van der Waals surface area contributed by atoms with Gasteiger partial charge in [0.1, 0.15) is 19.6 Å². The maximum absolute atomic E-state index is 11.4. The summed E-state index contributed by atoms with van der Waals surface area (Å²) in [7, 11) is 0. The number of esters is 2.